The highest BCUT2D eigenvalue weighted by molar-refractivity contribution is 6.37. The van der Waals surface area contributed by atoms with Crippen molar-refractivity contribution in [3.8, 4) is 0 Å². The fourth-order valence-electron chi connectivity index (χ4n) is 1.01. The summed E-state index contributed by atoms with van der Waals surface area (Å²) in [5, 5.41) is 27.3. The molecule has 0 aliphatic heterocycles. The van der Waals surface area contributed by atoms with E-state index in [4.69, 9.17) is 5.11 Å². The average molecular weight is 308 g/mol. The second kappa shape index (κ2) is 8.73. The zero-order chi connectivity index (χ0) is 16.6. The second-order valence-corrected chi connectivity index (χ2v) is 3.55. The lowest BCUT2D eigenvalue weighted by Crippen LogP contribution is -2.49. The van der Waals surface area contributed by atoms with Crippen LogP contribution in [0.25, 0.3) is 0 Å². The van der Waals surface area contributed by atoms with Crippen LogP contribution in [-0.4, -0.2) is 70.2 Å². The first kappa shape index (κ1) is 18.6. The number of carbonyl (C=O) groups excluding carboxylic acids is 5. The molecule has 0 saturated carbocycles. The predicted octanol–water partition coefficient (Wildman–Crippen LogP) is -3.60. The van der Waals surface area contributed by atoms with Crippen molar-refractivity contribution in [1.29, 1.82) is 0 Å². The Hall–Kier alpha value is -2.37. The van der Waals surface area contributed by atoms with Gasteiger partial charge in [0.2, 0.25) is 11.9 Å². The molecule has 0 radical (unpaired) electrons. The van der Waals surface area contributed by atoms with Crippen LogP contribution in [0.5, 0.6) is 0 Å². The highest BCUT2D eigenvalue weighted by Crippen LogP contribution is 2.08. The molecule has 0 fully saturated rings. The van der Waals surface area contributed by atoms with Gasteiger partial charge in [0.25, 0.3) is 5.78 Å². The number of ketones is 2. The topological polar surface area (TPSA) is 174 Å². The molecule has 0 aliphatic rings. The molecule has 21 heavy (non-hydrogen) atoms. The monoisotopic (exact) mass is 308 g/mol. The van der Waals surface area contributed by atoms with Gasteiger partial charge in [-0.05, 0) is 0 Å². The smallest absolute Gasteiger partial charge is 0.425 e. The van der Waals surface area contributed by atoms with Crippen LogP contribution in [-0.2, 0) is 38.5 Å². The van der Waals surface area contributed by atoms with Gasteiger partial charge in [0, 0.05) is 6.92 Å². The van der Waals surface area contributed by atoms with Crippen molar-refractivity contribution in [3.05, 3.63) is 0 Å². The number of aliphatic hydroxyl groups excluding tert-OH is 3. The largest absolute Gasteiger partial charge is 0.445 e. The lowest BCUT2D eigenvalue weighted by atomic mass is 10.0. The molecule has 0 bridgehead atoms. The molecule has 118 valence electrons. The van der Waals surface area contributed by atoms with Crippen molar-refractivity contribution < 1.29 is 53.8 Å². The van der Waals surface area contributed by atoms with E-state index in [1.165, 1.54) is 0 Å². The van der Waals surface area contributed by atoms with Crippen molar-refractivity contribution in [2.24, 2.45) is 0 Å². The number of hydrogen-bond acceptors (Lipinski definition) is 11. The van der Waals surface area contributed by atoms with Gasteiger partial charge < -0.3 is 20.1 Å². The predicted molar refractivity (Wildman–Crippen MR) is 57.9 cm³/mol. The minimum Gasteiger partial charge on any atom is -0.445 e. The summed E-state index contributed by atoms with van der Waals surface area (Å²) in [5.74, 6) is -6.31. The Morgan fingerprint density at radius 2 is 1.71 bits per heavy atom. The Bertz CT molecular complexity index is 429. The van der Waals surface area contributed by atoms with Crippen LogP contribution >= 0.6 is 0 Å². The van der Waals surface area contributed by atoms with Gasteiger partial charge in [-0.1, -0.05) is 0 Å². The normalized spacial score (nSPS) is 14.3. The number of ether oxygens (including phenoxy) is 1. The lowest BCUT2D eigenvalue weighted by molar-refractivity contribution is -0.247. The van der Waals surface area contributed by atoms with Crippen molar-refractivity contribution in [2.45, 2.75) is 25.2 Å². The molecule has 3 unspecified atom stereocenters. The maximum absolute atomic E-state index is 11.6. The molecule has 3 N–H and O–H groups in total. The molecule has 11 heteroatoms. The summed E-state index contributed by atoms with van der Waals surface area (Å²) in [6.07, 6.45) is -6.53. The molecule has 0 spiro atoms. The maximum atomic E-state index is 11.6. The lowest BCUT2D eigenvalue weighted by Gasteiger charge is -2.23. The molecule has 0 aromatic heterocycles. The van der Waals surface area contributed by atoms with Crippen LogP contribution < -0.4 is 0 Å². The third-order valence-electron chi connectivity index (χ3n) is 2.04. The molecule has 0 saturated heterocycles. The Balaban J connectivity index is 5.15. The fourth-order valence-corrected chi connectivity index (χ4v) is 1.01. The van der Waals surface area contributed by atoms with Crippen LogP contribution in [0.4, 0.5) is 0 Å². The summed E-state index contributed by atoms with van der Waals surface area (Å²) >= 11 is 0. The third kappa shape index (κ3) is 5.64. The van der Waals surface area contributed by atoms with E-state index in [9.17, 15) is 34.2 Å². The number of aliphatic hydroxyl groups is 3. The first-order valence-electron chi connectivity index (χ1n) is 5.29. The molecule has 0 amide bonds. The Kier molecular flexibility index (Phi) is 7.75. The van der Waals surface area contributed by atoms with Gasteiger partial charge in [-0.15, -0.1) is 0 Å². The molecular weight excluding hydrogens is 296 g/mol. The van der Waals surface area contributed by atoms with Gasteiger partial charge in [0.15, 0.2) is 0 Å². The van der Waals surface area contributed by atoms with Crippen molar-refractivity contribution in [3.63, 3.8) is 0 Å². The number of hydrogen-bond donors (Lipinski definition) is 3. The zero-order valence-electron chi connectivity index (χ0n) is 10.6. The van der Waals surface area contributed by atoms with Crippen molar-refractivity contribution >= 4 is 30.0 Å². The Morgan fingerprint density at radius 3 is 2.14 bits per heavy atom. The minimum atomic E-state index is -2.34. The zero-order valence-corrected chi connectivity index (χ0v) is 10.6. The van der Waals surface area contributed by atoms with Gasteiger partial charge in [0.05, 0.1) is 6.61 Å². The molecule has 0 aliphatic carbocycles. The van der Waals surface area contributed by atoms with Crippen molar-refractivity contribution in [2.75, 3.05) is 6.61 Å². The standard InChI is InChI=1S/C10H12O11/c1-4(13)9(17)20-8(6(15)5(14)2-11)7(16)10(18)21-19-3-12/h3,5-6,8,11,14-15H,2H2,1H3. The molecule has 0 aromatic carbocycles. The van der Waals surface area contributed by atoms with Gasteiger partial charge >= 0.3 is 18.4 Å². The summed E-state index contributed by atoms with van der Waals surface area (Å²) in [7, 11) is 0. The van der Waals surface area contributed by atoms with E-state index in [2.05, 4.69) is 14.5 Å². The third-order valence-corrected chi connectivity index (χ3v) is 2.04. The molecular formula is C10H12O11. The molecule has 0 heterocycles. The summed E-state index contributed by atoms with van der Waals surface area (Å²) in [5.41, 5.74) is 0. The van der Waals surface area contributed by atoms with E-state index < -0.39 is 48.4 Å². The molecule has 0 rings (SSSR count). The molecule has 3 atom stereocenters. The van der Waals surface area contributed by atoms with E-state index >= 15 is 0 Å². The van der Waals surface area contributed by atoms with Crippen LogP contribution in [0, 0.1) is 0 Å². The number of esters is 1. The van der Waals surface area contributed by atoms with Crippen molar-refractivity contribution in [1.82, 2.24) is 0 Å². The van der Waals surface area contributed by atoms with E-state index in [1.807, 2.05) is 0 Å². The van der Waals surface area contributed by atoms with Gasteiger partial charge in [0.1, 0.15) is 12.2 Å². The quantitative estimate of drug-likeness (QED) is 0.126. The highest BCUT2D eigenvalue weighted by Gasteiger charge is 2.40. The second-order valence-electron chi connectivity index (χ2n) is 3.55. The first-order chi connectivity index (χ1) is 9.76. The number of rotatable bonds is 9. The molecule has 0 aromatic rings. The van der Waals surface area contributed by atoms with E-state index in [0.29, 0.717) is 0 Å². The van der Waals surface area contributed by atoms with Gasteiger partial charge in [-0.3, -0.25) is 19.3 Å². The minimum absolute atomic E-state index is 0.333. The van der Waals surface area contributed by atoms with Crippen LogP contribution in [0.2, 0.25) is 0 Å². The maximum Gasteiger partial charge on any atom is 0.425 e. The SMILES string of the molecule is CC(=O)C(=O)OC(C(=O)C(=O)OOC=O)C(O)C(O)CO. The molecule has 11 nitrogen and oxygen atoms in total. The summed E-state index contributed by atoms with van der Waals surface area (Å²) in [6.45, 7) is -0.588. The fraction of sp³-hybridized carbons (Fsp3) is 0.500. The Morgan fingerprint density at radius 1 is 1.14 bits per heavy atom. The summed E-state index contributed by atoms with van der Waals surface area (Å²) < 4.78 is 4.26. The van der Waals surface area contributed by atoms with Gasteiger partial charge in [-0.2, -0.15) is 0 Å². The first-order valence-corrected chi connectivity index (χ1v) is 5.29. The van der Waals surface area contributed by atoms with E-state index in [0.717, 1.165) is 6.92 Å². The summed E-state index contributed by atoms with van der Waals surface area (Å²) in [6, 6.07) is 0. The van der Waals surface area contributed by atoms with Crippen LogP contribution in [0.3, 0.4) is 0 Å². The summed E-state index contributed by atoms with van der Waals surface area (Å²) in [4.78, 5) is 61.5. The number of Topliss-reactive ketones (excluding diaryl/α,β-unsaturated/α-hetero) is 2. The average Bonchev–Trinajstić information content (AvgIpc) is 2.47. The van der Waals surface area contributed by atoms with Crippen LogP contribution in [0.1, 0.15) is 6.92 Å². The van der Waals surface area contributed by atoms with E-state index in [1.54, 1.807) is 0 Å². The van der Waals surface area contributed by atoms with Gasteiger partial charge in [-0.25, -0.2) is 14.5 Å². The van der Waals surface area contributed by atoms with Crippen LogP contribution in [0.15, 0.2) is 0 Å². The number of carbonyl (C=O) groups is 5. The Labute approximate surface area is 116 Å². The highest BCUT2D eigenvalue weighted by atomic mass is 17.2. The van der Waals surface area contributed by atoms with E-state index in [-0.39, 0.29) is 6.47 Å².